The summed E-state index contributed by atoms with van der Waals surface area (Å²) in [7, 11) is 0. The van der Waals surface area contributed by atoms with Crippen LogP contribution in [0.4, 0.5) is 0 Å². The van der Waals surface area contributed by atoms with Gasteiger partial charge >= 0.3 is 0 Å². The van der Waals surface area contributed by atoms with E-state index >= 15 is 0 Å². The van der Waals surface area contributed by atoms with Crippen molar-refractivity contribution in [3.63, 3.8) is 0 Å². The summed E-state index contributed by atoms with van der Waals surface area (Å²) in [6.45, 7) is 13.6. The normalized spacial score (nSPS) is 12.5. The number of para-hydroxylation sites is 2. The summed E-state index contributed by atoms with van der Waals surface area (Å²) in [5.74, 6) is 1.76. The molecule has 0 saturated heterocycles. The molecule has 0 aliphatic heterocycles. The molecule has 8 aromatic carbocycles. The molecule has 0 fully saturated rings. The van der Waals surface area contributed by atoms with Crippen molar-refractivity contribution < 1.29 is 8.83 Å². The van der Waals surface area contributed by atoms with Gasteiger partial charge in [0.15, 0.2) is 0 Å². The zero-order chi connectivity index (χ0) is 38.3. The first-order chi connectivity index (χ1) is 27.0. The SMILES string of the molecule is CC(C)(C)c1cccc(-c2c(-c3c4ccccc4c(-c4oc5ccccc5c4-c4cccc(C(C)(C)C)c4)c4cc5ccccc5cc34)oc3ccccc23)c1. The lowest BCUT2D eigenvalue weighted by molar-refractivity contribution is 0.590. The smallest absolute Gasteiger partial charge is 0.144 e. The molecule has 0 N–H and O–H groups in total. The molecule has 2 heteroatoms. The van der Waals surface area contributed by atoms with Gasteiger partial charge in [0, 0.05) is 33.0 Å². The molecule has 0 saturated carbocycles. The summed E-state index contributed by atoms with van der Waals surface area (Å²) in [6, 6.07) is 57.2. The van der Waals surface area contributed by atoms with Crippen LogP contribution in [-0.2, 0) is 10.8 Å². The van der Waals surface area contributed by atoms with Crippen molar-refractivity contribution in [3.05, 3.63) is 169 Å². The predicted molar refractivity (Wildman–Crippen MR) is 238 cm³/mol. The monoisotopic (exact) mass is 724 g/mol. The van der Waals surface area contributed by atoms with E-state index in [1.807, 2.05) is 0 Å². The van der Waals surface area contributed by atoms with E-state index in [9.17, 15) is 0 Å². The Hall–Kier alpha value is -6.38. The Kier molecular flexibility index (Phi) is 7.67. The largest absolute Gasteiger partial charge is 0.455 e. The van der Waals surface area contributed by atoms with Crippen molar-refractivity contribution in [3.8, 4) is 44.9 Å². The summed E-state index contributed by atoms with van der Waals surface area (Å²) < 4.78 is 14.2. The van der Waals surface area contributed by atoms with E-state index in [0.29, 0.717) is 0 Å². The standard InChI is InChI=1S/C54H44O2/c1-53(2,3)37-21-15-19-35(29-37)47-41-25-11-13-27-45(41)55-51(47)49-39-23-9-10-24-40(39)50(44-32-34-18-8-7-17-33(34)31-43(44)49)52-48(42-26-12-14-28-46(42)56-52)36-20-16-22-38(30-36)54(4,5)6/h7-32H,1-6H3. The van der Waals surface area contributed by atoms with E-state index in [0.717, 1.165) is 88.4 Å². The molecule has 10 aromatic rings. The molecule has 0 radical (unpaired) electrons. The maximum Gasteiger partial charge on any atom is 0.144 e. The summed E-state index contributed by atoms with van der Waals surface area (Å²) in [6.07, 6.45) is 0. The second-order valence-electron chi connectivity index (χ2n) is 17.3. The van der Waals surface area contributed by atoms with Gasteiger partial charge in [-0.3, -0.25) is 0 Å². The molecule has 0 spiro atoms. The Balaban J connectivity index is 1.37. The molecule has 0 atom stereocenters. The van der Waals surface area contributed by atoms with E-state index in [2.05, 4.69) is 199 Å². The third-order valence-corrected chi connectivity index (χ3v) is 11.6. The van der Waals surface area contributed by atoms with Crippen molar-refractivity contribution in [2.75, 3.05) is 0 Å². The molecule has 0 unspecified atom stereocenters. The molecule has 56 heavy (non-hydrogen) atoms. The number of hydrogen-bond acceptors (Lipinski definition) is 2. The first kappa shape index (κ1) is 34.1. The van der Waals surface area contributed by atoms with E-state index in [4.69, 9.17) is 8.83 Å². The number of furan rings is 2. The van der Waals surface area contributed by atoms with E-state index in [1.54, 1.807) is 0 Å². The highest BCUT2D eigenvalue weighted by Crippen LogP contribution is 2.52. The lowest BCUT2D eigenvalue weighted by atomic mass is 9.83. The Labute approximate surface area is 328 Å². The number of benzene rings is 8. The lowest BCUT2D eigenvalue weighted by Gasteiger charge is -2.21. The minimum atomic E-state index is -0.00758. The van der Waals surface area contributed by atoms with Gasteiger partial charge in [-0.05, 0) is 89.7 Å². The fourth-order valence-corrected chi connectivity index (χ4v) is 8.65. The van der Waals surface area contributed by atoms with Crippen molar-refractivity contribution in [2.45, 2.75) is 52.4 Å². The lowest BCUT2D eigenvalue weighted by Crippen LogP contribution is -2.10. The molecule has 10 rings (SSSR count). The Bertz CT molecular complexity index is 2940. The maximum absolute atomic E-state index is 7.10. The van der Waals surface area contributed by atoms with Crippen LogP contribution >= 0.6 is 0 Å². The molecule has 0 aliphatic carbocycles. The molecule has 0 bridgehead atoms. The van der Waals surface area contributed by atoms with Crippen molar-refractivity contribution in [1.29, 1.82) is 0 Å². The Morgan fingerprint density at radius 2 is 0.696 bits per heavy atom. The Morgan fingerprint density at radius 3 is 1.11 bits per heavy atom. The third-order valence-electron chi connectivity index (χ3n) is 11.6. The van der Waals surface area contributed by atoms with Gasteiger partial charge < -0.3 is 8.83 Å². The van der Waals surface area contributed by atoms with Crippen molar-refractivity contribution in [2.24, 2.45) is 0 Å². The van der Waals surface area contributed by atoms with Crippen LogP contribution in [-0.4, -0.2) is 0 Å². The highest BCUT2D eigenvalue weighted by Gasteiger charge is 2.28. The minimum absolute atomic E-state index is 0.00758. The van der Waals surface area contributed by atoms with Gasteiger partial charge in [-0.15, -0.1) is 0 Å². The highest BCUT2D eigenvalue weighted by atomic mass is 16.3. The van der Waals surface area contributed by atoms with Gasteiger partial charge in [0.2, 0.25) is 0 Å². The average molecular weight is 725 g/mol. The van der Waals surface area contributed by atoms with Crippen LogP contribution in [0, 0.1) is 0 Å². The summed E-state index contributed by atoms with van der Waals surface area (Å²) in [5, 5.41) is 9.05. The minimum Gasteiger partial charge on any atom is -0.455 e. The van der Waals surface area contributed by atoms with Crippen LogP contribution in [0.2, 0.25) is 0 Å². The van der Waals surface area contributed by atoms with Crippen LogP contribution in [0.3, 0.4) is 0 Å². The van der Waals surface area contributed by atoms with Gasteiger partial charge in [0.25, 0.3) is 0 Å². The van der Waals surface area contributed by atoms with Crippen molar-refractivity contribution >= 4 is 54.3 Å². The van der Waals surface area contributed by atoms with Crippen LogP contribution < -0.4 is 0 Å². The summed E-state index contributed by atoms with van der Waals surface area (Å²) in [4.78, 5) is 0. The second kappa shape index (κ2) is 12.6. The van der Waals surface area contributed by atoms with E-state index in [-0.39, 0.29) is 10.8 Å². The van der Waals surface area contributed by atoms with Gasteiger partial charge in [-0.1, -0.05) is 175 Å². The first-order valence-corrected chi connectivity index (χ1v) is 19.7. The zero-order valence-electron chi connectivity index (χ0n) is 32.8. The van der Waals surface area contributed by atoms with Crippen LogP contribution in [0.25, 0.3) is 99.2 Å². The first-order valence-electron chi connectivity index (χ1n) is 19.7. The van der Waals surface area contributed by atoms with Gasteiger partial charge in [0.1, 0.15) is 22.7 Å². The molecule has 0 aliphatic rings. The zero-order valence-corrected chi connectivity index (χ0v) is 32.8. The molecular formula is C54H44O2. The molecule has 272 valence electrons. The average Bonchev–Trinajstić information content (AvgIpc) is 3.77. The fourth-order valence-electron chi connectivity index (χ4n) is 8.65. The van der Waals surface area contributed by atoms with Crippen LogP contribution in [0.5, 0.6) is 0 Å². The molecular weight excluding hydrogens is 681 g/mol. The quantitative estimate of drug-likeness (QED) is 0.169. The fraction of sp³-hybridized carbons (Fsp3) is 0.148. The summed E-state index contributed by atoms with van der Waals surface area (Å²) in [5.41, 5.74) is 11.0. The molecule has 2 nitrogen and oxygen atoms in total. The van der Waals surface area contributed by atoms with Crippen LogP contribution in [0.1, 0.15) is 52.7 Å². The third kappa shape index (κ3) is 5.46. The van der Waals surface area contributed by atoms with E-state index in [1.165, 1.54) is 21.9 Å². The summed E-state index contributed by atoms with van der Waals surface area (Å²) >= 11 is 0. The van der Waals surface area contributed by atoms with Crippen LogP contribution in [0.15, 0.2) is 167 Å². The van der Waals surface area contributed by atoms with E-state index < -0.39 is 0 Å². The maximum atomic E-state index is 7.10. The Morgan fingerprint density at radius 1 is 0.321 bits per heavy atom. The topological polar surface area (TPSA) is 26.3 Å². The molecule has 2 aromatic heterocycles. The molecule has 2 heterocycles. The molecule has 0 amide bonds. The number of hydrogen-bond donors (Lipinski definition) is 0. The predicted octanol–water partition coefficient (Wildman–Crippen LogP) is 15.9. The van der Waals surface area contributed by atoms with Crippen molar-refractivity contribution in [1.82, 2.24) is 0 Å². The highest BCUT2D eigenvalue weighted by molar-refractivity contribution is 6.26. The van der Waals surface area contributed by atoms with Gasteiger partial charge in [0.05, 0.1) is 0 Å². The second-order valence-corrected chi connectivity index (χ2v) is 17.3. The number of fused-ring (bicyclic) bond motifs is 5. The number of rotatable bonds is 4. The van der Waals surface area contributed by atoms with Gasteiger partial charge in [-0.2, -0.15) is 0 Å². The van der Waals surface area contributed by atoms with Gasteiger partial charge in [-0.25, -0.2) is 0 Å².